The number of rotatable bonds is 6. The number of aryl methyl sites for hydroxylation is 1. The maximum Gasteiger partial charge on any atom is 0.254 e. The highest BCUT2D eigenvalue weighted by Gasteiger charge is 2.34. The fourth-order valence-corrected chi connectivity index (χ4v) is 4.46. The number of benzene rings is 2. The Labute approximate surface area is 190 Å². The van der Waals surface area contributed by atoms with E-state index in [0.29, 0.717) is 28.8 Å². The number of hydrogen-bond acceptors (Lipinski definition) is 5. The van der Waals surface area contributed by atoms with Crippen molar-refractivity contribution in [1.29, 1.82) is 0 Å². The Morgan fingerprint density at radius 2 is 1.84 bits per heavy atom. The van der Waals surface area contributed by atoms with Gasteiger partial charge in [-0.05, 0) is 56.2 Å². The Hall–Kier alpha value is -3.20. The smallest absolute Gasteiger partial charge is 0.254 e. The number of thioether (sulfide) groups is 1. The zero-order valence-electron chi connectivity index (χ0n) is 17.9. The van der Waals surface area contributed by atoms with E-state index >= 15 is 0 Å². The second-order valence-corrected chi connectivity index (χ2v) is 8.71. The van der Waals surface area contributed by atoms with E-state index < -0.39 is 0 Å². The molecule has 2 heterocycles. The third kappa shape index (κ3) is 4.83. The molecule has 32 heavy (non-hydrogen) atoms. The first kappa shape index (κ1) is 22.0. The highest BCUT2D eigenvalue weighted by atomic mass is 32.2. The molecule has 1 N–H and O–H groups in total. The molecule has 0 bridgehead atoms. The number of carbonyl (C=O) groups is 2. The molecule has 2 aromatic carbocycles. The van der Waals surface area contributed by atoms with Crippen LogP contribution in [-0.2, 0) is 11.8 Å². The monoisotopic (exact) mass is 453 g/mol. The molecule has 2 amide bonds. The summed E-state index contributed by atoms with van der Waals surface area (Å²) >= 11 is 1.26. The summed E-state index contributed by atoms with van der Waals surface area (Å²) in [6, 6.07) is 13.0. The topological polar surface area (TPSA) is 80.1 Å². The van der Waals surface area contributed by atoms with E-state index in [9.17, 15) is 14.0 Å². The van der Waals surface area contributed by atoms with Crippen molar-refractivity contribution in [2.24, 2.45) is 7.05 Å². The predicted molar refractivity (Wildman–Crippen MR) is 121 cm³/mol. The molecule has 1 fully saturated rings. The average molecular weight is 454 g/mol. The first-order chi connectivity index (χ1) is 15.4. The van der Waals surface area contributed by atoms with Crippen LogP contribution in [0.3, 0.4) is 0 Å². The zero-order valence-corrected chi connectivity index (χ0v) is 18.7. The van der Waals surface area contributed by atoms with Gasteiger partial charge in [0.15, 0.2) is 11.0 Å². The minimum Gasteiger partial charge on any atom is -0.328 e. The Balaban J connectivity index is 1.41. The average Bonchev–Trinajstić information content (AvgIpc) is 3.40. The molecular weight excluding hydrogens is 429 g/mol. The largest absolute Gasteiger partial charge is 0.328 e. The van der Waals surface area contributed by atoms with Gasteiger partial charge in [0.05, 0.1) is 11.8 Å². The van der Waals surface area contributed by atoms with Gasteiger partial charge in [-0.2, -0.15) is 0 Å². The lowest BCUT2D eigenvalue weighted by Crippen LogP contribution is -2.31. The van der Waals surface area contributed by atoms with Crippen molar-refractivity contribution >= 4 is 29.3 Å². The standard InChI is InChI=1S/C23H24FN5O2S/c1-15-5-7-16(8-6-15)22(31)29-13-3-4-19(29)21-26-27-23(28(21)2)32-14-20(30)25-18-11-9-17(24)10-12-18/h5-12,19H,3-4,13-14H2,1-2H3,(H,25,30). The molecule has 1 atom stereocenters. The van der Waals surface area contributed by atoms with Crippen LogP contribution in [0.15, 0.2) is 53.7 Å². The van der Waals surface area contributed by atoms with E-state index in [1.807, 2.05) is 47.7 Å². The van der Waals surface area contributed by atoms with Gasteiger partial charge in [-0.1, -0.05) is 29.5 Å². The van der Waals surface area contributed by atoms with Gasteiger partial charge in [0, 0.05) is 24.8 Å². The van der Waals surface area contributed by atoms with Crippen LogP contribution in [0.2, 0.25) is 0 Å². The number of nitrogens with one attached hydrogen (secondary N) is 1. The molecule has 1 aromatic heterocycles. The molecule has 9 heteroatoms. The molecule has 0 radical (unpaired) electrons. The van der Waals surface area contributed by atoms with Crippen LogP contribution in [-0.4, -0.2) is 43.8 Å². The molecule has 1 aliphatic heterocycles. The third-order valence-electron chi connectivity index (χ3n) is 5.44. The highest BCUT2D eigenvalue weighted by molar-refractivity contribution is 7.99. The van der Waals surface area contributed by atoms with Gasteiger partial charge in [-0.3, -0.25) is 9.59 Å². The highest BCUT2D eigenvalue weighted by Crippen LogP contribution is 2.33. The van der Waals surface area contributed by atoms with Crippen LogP contribution >= 0.6 is 11.8 Å². The molecule has 1 aliphatic rings. The molecule has 1 unspecified atom stereocenters. The summed E-state index contributed by atoms with van der Waals surface area (Å²) in [5.74, 6) is 0.266. The van der Waals surface area contributed by atoms with Crippen LogP contribution in [0.1, 0.15) is 40.6 Å². The Morgan fingerprint density at radius 1 is 1.12 bits per heavy atom. The SMILES string of the molecule is Cc1ccc(C(=O)N2CCCC2c2nnc(SCC(=O)Nc3ccc(F)cc3)n2C)cc1. The van der Waals surface area contributed by atoms with E-state index in [4.69, 9.17) is 0 Å². The summed E-state index contributed by atoms with van der Waals surface area (Å²) in [7, 11) is 1.85. The van der Waals surface area contributed by atoms with Crippen molar-refractivity contribution in [3.63, 3.8) is 0 Å². The van der Waals surface area contributed by atoms with Crippen LogP contribution in [0.4, 0.5) is 10.1 Å². The van der Waals surface area contributed by atoms with Crippen LogP contribution in [0, 0.1) is 12.7 Å². The minimum absolute atomic E-state index is 0.0108. The molecular formula is C23H24FN5O2S. The number of aromatic nitrogens is 3. The molecule has 3 aromatic rings. The number of amides is 2. The number of hydrogen-bond donors (Lipinski definition) is 1. The summed E-state index contributed by atoms with van der Waals surface area (Å²) in [5.41, 5.74) is 2.31. The second kappa shape index (κ2) is 9.52. The molecule has 7 nitrogen and oxygen atoms in total. The first-order valence-corrected chi connectivity index (χ1v) is 11.4. The molecule has 166 valence electrons. The Bertz CT molecular complexity index is 1110. The van der Waals surface area contributed by atoms with E-state index in [1.54, 1.807) is 0 Å². The van der Waals surface area contributed by atoms with Crippen molar-refractivity contribution in [3.8, 4) is 0 Å². The first-order valence-electron chi connectivity index (χ1n) is 10.4. The van der Waals surface area contributed by atoms with Crippen LogP contribution in [0.5, 0.6) is 0 Å². The molecule has 0 saturated carbocycles. The number of likely N-dealkylation sites (tertiary alicyclic amines) is 1. The molecule has 4 rings (SSSR count). The number of halogens is 1. The predicted octanol–water partition coefficient (Wildman–Crippen LogP) is 3.97. The quantitative estimate of drug-likeness (QED) is 0.572. The van der Waals surface area contributed by atoms with Crippen molar-refractivity contribution in [3.05, 3.63) is 71.3 Å². The Morgan fingerprint density at radius 3 is 2.56 bits per heavy atom. The fraction of sp³-hybridized carbons (Fsp3) is 0.304. The van der Waals surface area contributed by atoms with Gasteiger partial charge < -0.3 is 14.8 Å². The van der Waals surface area contributed by atoms with Crippen LogP contribution < -0.4 is 5.32 Å². The fourth-order valence-electron chi connectivity index (χ4n) is 3.74. The number of nitrogens with zero attached hydrogens (tertiary/aromatic N) is 4. The van der Waals surface area contributed by atoms with Gasteiger partial charge in [-0.15, -0.1) is 10.2 Å². The van der Waals surface area contributed by atoms with Crippen molar-refractivity contribution in [2.45, 2.75) is 31.0 Å². The molecule has 0 spiro atoms. The minimum atomic E-state index is -0.356. The van der Waals surface area contributed by atoms with Gasteiger partial charge in [0.1, 0.15) is 5.82 Å². The second-order valence-electron chi connectivity index (χ2n) is 7.77. The third-order valence-corrected chi connectivity index (χ3v) is 6.46. The maximum absolute atomic E-state index is 13.1. The van der Waals surface area contributed by atoms with Crippen molar-refractivity contribution < 1.29 is 14.0 Å². The van der Waals surface area contributed by atoms with Gasteiger partial charge in [0.25, 0.3) is 5.91 Å². The Kier molecular flexibility index (Phi) is 6.55. The summed E-state index contributed by atoms with van der Waals surface area (Å²) in [6.07, 6.45) is 1.72. The van der Waals surface area contributed by atoms with E-state index in [2.05, 4.69) is 15.5 Å². The number of carbonyl (C=O) groups excluding carboxylic acids is 2. The van der Waals surface area contributed by atoms with Crippen LogP contribution in [0.25, 0.3) is 0 Å². The van der Waals surface area contributed by atoms with Gasteiger partial charge in [0.2, 0.25) is 5.91 Å². The van der Waals surface area contributed by atoms with Crippen molar-refractivity contribution in [1.82, 2.24) is 19.7 Å². The number of anilines is 1. The summed E-state index contributed by atoms with van der Waals surface area (Å²) in [5, 5.41) is 11.9. The van der Waals surface area contributed by atoms with Gasteiger partial charge >= 0.3 is 0 Å². The van der Waals surface area contributed by atoms with E-state index in [-0.39, 0.29) is 29.4 Å². The molecule has 1 saturated heterocycles. The van der Waals surface area contributed by atoms with Gasteiger partial charge in [-0.25, -0.2) is 4.39 Å². The van der Waals surface area contributed by atoms with E-state index in [1.165, 1.54) is 36.0 Å². The zero-order chi connectivity index (χ0) is 22.7. The maximum atomic E-state index is 13.1. The normalized spacial score (nSPS) is 15.7. The summed E-state index contributed by atoms with van der Waals surface area (Å²) < 4.78 is 14.8. The summed E-state index contributed by atoms with van der Waals surface area (Å²) in [4.78, 5) is 27.1. The lowest BCUT2D eigenvalue weighted by Gasteiger charge is -2.24. The molecule has 0 aliphatic carbocycles. The van der Waals surface area contributed by atoms with Crippen molar-refractivity contribution in [2.75, 3.05) is 17.6 Å². The van der Waals surface area contributed by atoms with E-state index in [0.717, 1.165) is 18.4 Å². The lowest BCUT2D eigenvalue weighted by atomic mass is 10.1. The summed E-state index contributed by atoms with van der Waals surface area (Å²) in [6.45, 7) is 2.67. The lowest BCUT2D eigenvalue weighted by molar-refractivity contribution is -0.113.